The number of hydrogen-bond donors (Lipinski definition) is 1. The van der Waals surface area contributed by atoms with Crippen LogP contribution in [-0.2, 0) is 14.9 Å². The van der Waals surface area contributed by atoms with Gasteiger partial charge in [0.25, 0.3) is 0 Å². The number of carbonyl (C=O) groups is 1. The smallest absolute Gasteiger partial charge is 0.337 e. The van der Waals surface area contributed by atoms with E-state index in [2.05, 4.69) is 10.8 Å². The van der Waals surface area contributed by atoms with E-state index in [4.69, 9.17) is 23.2 Å². The third kappa shape index (κ3) is 2.85. The number of carbonyl (C=O) groups excluding carboxylic acids is 1. The highest BCUT2D eigenvalue weighted by Gasteiger charge is 2.41. The number of esters is 1. The predicted molar refractivity (Wildman–Crippen MR) is 79.3 cm³/mol. The number of nitrogens with zero attached hydrogens (tertiary/aromatic N) is 1. The molecule has 0 spiro atoms. The number of aliphatic hydroxyl groups excluding tert-OH is 1. The molecule has 110 valence electrons. The maximum absolute atomic E-state index is 11.7. The Morgan fingerprint density at radius 1 is 1.48 bits per heavy atom. The van der Waals surface area contributed by atoms with Crippen LogP contribution in [-0.4, -0.2) is 18.2 Å². The van der Waals surface area contributed by atoms with Crippen molar-refractivity contribution in [3.8, 4) is 6.07 Å². The van der Waals surface area contributed by atoms with E-state index in [1.165, 1.54) is 7.11 Å². The molecule has 6 heteroatoms. The van der Waals surface area contributed by atoms with Crippen LogP contribution in [0.3, 0.4) is 0 Å². The van der Waals surface area contributed by atoms with E-state index in [-0.39, 0.29) is 24.2 Å². The summed E-state index contributed by atoms with van der Waals surface area (Å²) in [5.74, 6) is -0.658. The molecule has 1 aromatic carbocycles. The van der Waals surface area contributed by atoms with Crippen LogP contribution in [0.1, 0.15) is 24.8 Å². The van der Waals surface area contributed by atoms with Crippen molar-refractivity contribution in [2.45, 2.75) is 24.7 Å². The second kappa shape index (κ2) is 5.97. The molecule has 21 heavy (non-hydrogen) atoms. The highest BCUT2D eigenvalue weighted by atomic mass is 35.5. The zero-order valence-electron chi connectivity index (χ0n) is 11.3. The van der Waals surface area contributed by atoms with Gasteiger partial charge >= 0.3 is 5.97 Å². The average molecular weight is 326 g/mol. The van der Waals surface area contributed by atoms with Gasteiger partial charge in [-0.3, -0.25) is 0 Å². The summed E-state index contributed by atoms with van der Waals surface area (Å²) in [5.41, 5.74) is -0.251. The Morgan fingerprint density at radius 3 is 2.76 bits per heavy atom. The van der Waals surface area contributed by atoms with E-state index < -0.39 is 11.4 Å². The molecule has 1 atom stereocenters. The number of aliphatic hydroxyl groups is 1. The molecule has 0 amide bonds. The molecule has 0 saturated heterocycles. The first-order valence-electron chi connectivity index (χ1n) is 6.29. The maximum Gasteiger partial charge on any atom is 0.337 e. The van der Waals surface area contributed by atoms with Crippen LogP contribution >= 0.6 is 23.2 Å². The first kappa shape index (κ1) is 15.7. The molecule has 1 aromatic rings. The molecular weight excluding hydrogens is 313 g/mol. The lowest BCUT2D eigenvalue weighted by Gasteiger charge is -2.32. The summed E-state index contributed by atoms with van der Waals surface area (Å²) in [7, 11) is 1.24. The minimum Gasteiger partial charge on any atom is -0.512 e. The number of halogens is 2. The zero-order valence-corrected chi connectivity index (χ0v) is 12.8. The summed E-state index contributed by atoms with van der Waals surface area (Å²) in [4.78, 5) is 11.7. The fourth-order valence-electron chi connectivity index (χ4n) is 2.55. The van der Waals surface area contributed by atoms with Crippen LogP contribution in [0.2, 0.25) is 10.0 Å². The standard InChI is InChI=1S/C15H13Cl2NO3/c1-21-14(20)10-7-15(8-18,5-4-13(10)19)11-3-2-9(16)6-12(11)17/h2-3,6,19H,4-5,7H2,1H3. The summed E-state index contributed by atoms with van der Waals surface area (Å²) in [6.45, 7) is 0. The topological polar surface area (TPSA) is 70.3 Å². The first-order valence-corrected chi connectivity index (χ1v) is 7.05. The lowest BCUT2D eigenvalue weighted by Crippen LogP contribution is -2.31. The van der Waals surface area contributed by atoms with Crippen molar-refractivity contribution in [1.29, 1.82) is 5.26 Å². The fraction of sp³-hybridized carbons (Fsp3) is 0.333. The summed E-state index contributed by atoms with van der Waals surface area (Å²) < 4.78 is 4.66. The molecule has 0 aromatic heterocycles. The van der Waals surface area contributed by atoms with Gasteiger partial charge < -0.3 is 9.84 Å². The van der Waals surface area contributed by atoms with Crippen LogP contribution in [0.5, 0.6) is 0 Å². The van der Waals surface area contributed by atoms with Crippen LogP contribution in [0.4, 0.5) is 0 Å². The summed E-state index contributed by atoms with van der Waals surface area (Å²) in [6, 6.07) is 7.14. The van der Waals surface area contributed by atoms with E-state index in [0.29, 0.717) is 22.0 Å². The lowest BCUT2D eigenvalue weighted by molar-refractivity contribution is -0.136. The molecule has 0 radical (unpaired) electrons. The van der Waals surface area contributed by atoms with E-state index in [1.807, 2.05) is 0 Å². The molecule has 2 rings (SSSR count). The summed E-state index contributed by atoms with van der Waals surface area (Å²) in [6.07, 6.45) is 0.650. The van der Waals surface area contributed by atoms with Gasteiger partial charge in [-0.05, 0) is 24.1 Å². The Hall–Kier alpha value is -1.70. The number of benzene rings is 1. The van der Waals surface area contributed by atoms with Gasteiger partial charge in [-0.15, -0.1) is 0 Å². The van der Waals surface area contributed by atoms with Gasteiger partial charge in [-0.1, -0.05) is 29.3 Å². The van der Waals surface area contributed by atoms with Crippen LogP contribution in [0.15, 0.2) is 29.5 Å². The van der Waals surface area contributed by atoms with E-state index in [9.17, 15) is 15.2 Å². The Labute approximate surface area is 132 Å². The van der Waals surface area contributed by atoms with Gasteiger partial charge in [-0.2, -0.15) is 5.26 Å². The Morgan fingerprint density at radius 2 is 2.19 bits per heavy atom. The fourth-order valence-corrected chi connectivity index (χ4v) is 3.14. The third-order valence-electron chi connectivity index (χ3n) is 3.71. The number of nitriles is 1. The van der Waals surface area contributed by atoms with E-state index in [0.717, 1.165) is 0 Å². The predicted octanol–water partition coefficient (Wildman–Crippen LogP) is 3.92. The molecule has 4 nitrogen and oxygen atoms in total. The number of methoxy groups -OCH3 is 1. The molecule has 0 heterocycles. The van der Waals surface area contributed by atoms with Gasteiger partial charge in [0, 0.05) is 22.9 Å². The SMILES string of the molecule is COC(=O)C1=C(O)CCC(C#N)(c2ccc(Cl)cc2Cl)C1. The number of ether oxygens (including phenoxy) is 1. The van der Waals surface area contributed by atoms with Gasteiger partial charge in [0.15, 0.2) is 0 Å². The minimum atomic E-state index is -0.975. The van der Waals surface area contributed by atoms with Crippen molar-refractivity contribution in [3.63, 3.8) is 0 Å². The van der Waals surface area contributed by atoms with E-state index >= 15 is 0 Å². The molecule has 0 aliphatic heterocycles. The Kier molecular flexibility index (Phi) is 4.46. The van der Waals surface area contributed by atoms with Crippen LogP contribution < -0.4 is 0 Å². The second-order valence-corrected chi connectivity index (χ2v) is 5.76. The molecule has 0 fully saturated rings. The van der Waals surface area contributed by atoms with Gasteiger partial charge in [0.2, 0.25) is 0 Å². The second-order valence-electron chi connectivity index (χ2n) is 4.91. The molecule has 1 unspecified atom stereocenters. The van der Waals surface area contributed by atoms with Crippen molar-refractivity contribution in [2.24, 2.45) is 0 Å². The Bertz CT molecular complexity index is 663. The third-order valence-corrected chi connectivity index (χ3v) is 4.26. The first-order chi connectivity index (χ1) is 9.93. The molecule has 1 N–H and O–H groups in total. The van der Waals surface area contributed by atoms with Crippen LogP contribution in [0, 0.1) is 11.3 Å². The molecule has 1 aliphatic carbocycles. The average Bonchev–Trinajstić information content (AvgIpc) is 2.47. The quantitative estimate of drug-likeness (QED) is 0.836. The highest BCUT2D eigenvalue weighted by molar-refractivity contribution is 6.35. The van der Waals surface area contributed by atoms with Crippen molar-refractivity contribution in [1.82, 2.24) is 0 Å². The number of hydrogen-bond acceptors (Lipinski definition) is 4. The molecule has 0 saturated carbocycles. The van der Waals surface area contributed by atoms with Crippen LogP contribution in [0.25, 0.3) is 0 Å². The summed E-state index contributed by atoms with van der Waals surface area (Å²) in [5, 5.41) is 20.4. The number of rotatable bonds is 2. The van der Waals surface area contributed by atoms with Gasteiger partial charge in [0.05, 0.1) is 24.2 Å². The summed E-state index contributed by atoms with van der Waals surface area (Å²) >= 11 is 12.1. The largest absolute Gasteiger partial charge is 0.512 e. The molecular formula is C15H13Cl2NO3. The molecule has 1 aliphatic rings. The Balaban J connectivity index is 2.50. The monoisotopic (exact) mass is 325 g/mol. The zero-order chi connectivity index (χ0) is 15.6. The van der Waals surface area contributed by atoms with Crippen molar-refractivity contribution in [3.05, 3.63) is 45.1 Å². The van der Waals surface area contributed by atoms with Crippen molar-refractivity contribution in [2.75, 3.05) is 7.11 Å². The van der Waals surface area contributed by atoms with Gasteiger partial charge in [-0.25, -0.2) is 4.79 Å². The highest BCUT2D eigenvalue weighted by Crippen LogP contribution is 2.44. The minimum absolute atomic E-state index is 0.0298. The molecule has 0 bridgehead atoms. The van der Waals surface area contributed by atoms with E-state index in [1.54, 1.807) is 18.2 Å². The van der Waals surface area contributed by atoms with Gasteiger partial charge in [0.1, 0.15) is 5.76 Å². The number of allylic oxidation sites excluding steroid dienone is 1. The normalized spacial score (nSPS) is 21.8. The lowest BCUT2D eigenvalue weighted by atomic mass is 9.70. The van der Waals surface area contributed by atoms with Crippen molar-refractivity contribution < 1.29 is 14.6 Å². The maximum atomic E-state index is 11.7. The van der Waals surface area contributed by atoms with Crippen molar-refractivity contribution >= 4 is 29.2 Å².